The van der Waals surface area contributed by atoms with E-state index in [1.165, 1.54) is 23.1 Å². The maximum Gasteiger partial charge on any atom is 0.264 e. The molecule has 0 spiro atoms. The number of nitrogens with one attached hydrogen (secondary N) is 1. The summed E-state index contributed by atoms with van der Waals surface area (Å²) in [5.41, 5.74) is 3.86. The standard InChI is InChI=1S/C36H40FN3O4S/c1-5-21-38-36(42)34(23-29-11-7-6-8-12-29)39(24-30-13-9-10-14-32(30)37)35(41)25-40(33-20-17-27(3)22-28(33)4)45(43,44)31-18-15-26(2)16-19-31/h6-20,22,34H,5,21,23-25H2,1-4H3,(H,38,42)/t34-/m1/s1. The number of hydrogen-bond donors (Lipinski definition) is 1. The second-order valence-electron chi connectivity index (χ2n) is 11.2. The highest BCUT2D eigenvalue weighted by Crippen LogP contribution is 2.29. The van der Waals surface area contributed by atoms with Gasteiger partial charge >= 0.3 is 0 Å². The SMILES string of the molecule is CCCNC(=O)[C@@H](Cc1ccccc1)N(Cc1ccccc1F)C(=O)CN(c1ccc(C)cc1C)S(=O)(=O)c1ccc(C)cc1. The van der Waals surface area contributed by atoms with Crippen LogP contribution < -0.4 is 9.62 Å². The third kappa shape index (κ3) is 8.36. The fourth-order valence-corrected chi connectivity index (χ4v) is 6.64. The normalized spacial score (nSPS) is 11.9. The highest BCUT2D eigenvalue weighted by Gasteiger charge is 2.35. The van der Waals surface area contributed by atoms with Crippen molar-refractivity contribution in [1.82, 2.24) is 10.2 Å². The lowest BCUT2D eigenvalue weighted by Gasteiger charge is -2.34. The molecule has 1 atom stereocenters. The van der Waals surface area contributed by atoms with Crippen LogP contribution in [0.15, 0.2) is 102 Å². The molecule has 236 valence electrons. The lowest BCUT2D eigenvalue weighted by atomic mass is 10.0. The topological polar surface area (TPSA) is 86.8 Å². The number of amides is 2. The molecule has 0 aliphatic heterocycles. The van der Waals surface area contributed by atoms with E-state index in [-0.39, 0.29) is 23.4 Å². The highest BCUT2D eigenvalue weighted by molar-refractivity contribution is 7.92. The molecule has 0 fully saturated rings. The summed E-state index contributed by atoms with van der Waals surface area (Å²) in [4.78, 5) is 29.5. The van der Waals surface area contributed by atoms with Gasteiger partial charge in [-0.05, 0) is 62.6 Å². The predicted molar refractivity (Wildman–Crippen MR) is 176 cm³/mol. The van der Waals surface area contributed by atoms with E-state index in [0.717, 1.165) is 21.0 Å². The van der Waals surface area contributed by atoms with Crippen molar-refractivity contribution in [2.24, 2.45) is 0 Å². The number of anilines is 1. The molecule has 4 rings (SSSR count). The molecule has 0 aliphatic rings. The van der Waals surface area contributed by atoms with Crippen LogP contribution in [-0.2, 0) is 32.6 Å². The number of rotatable bonds is 13. The Balaban J connectivity index is 1.83. The molecule has 7 nitrogen and oxygen atoms in total. The maximum atomic E-state index is 15.0. The number of sulfonamides is 1. The molecular weight excluding hydrogens is 589 g/mol. The van der Waals surface area contributed by atoms with E-state index < -0.39 is 40.2 Å². The molecule has 2 amide bonds. The van der Waals surface area contributed by atoms with Gasteiger partial charge < -0.3 is 10.2 Å². The zero-order valence-electron chi connectivity index (χ0n) is 26.2. The van der Waals surface area contributed by atoms with Crippen molar-refractivity contribution < 1.29 is 22.4 Å². The number of nitrogens with zero attached hydrogens (tertiary/aromatic N) is 2. The minimum atomic E-state index is -4.22. The van der Waals surface area contributed by atoms with Gasteiger partial charge in [0.1, 0.15) is 18.4 Å². The first-order valence-corrected chi connectivity index (χ1v) is 16.5. The summed E-state index contributed by atoms with van der Waals surface area (Å²) in [6.07, 6.45) is 0.838. The summed E-state index contributed by atoms with van der Waals surface area (Å²) in [5.74, 6) is -1.56. The molecule has 0 bridgehead atoms. The maximum absolute atomic E-state index is 15.0. The van der Waals surface area contributed by atoms with Crippen molar-refractivity contribution in [3.05, 3.63) is 131 Å². The number of hydrogen-bond acceptors (Lipinski definition) is 4. The Bertz CT molecular complexity index is 1730. The fraction of sp³-hybridized carbons (Fsp3) is 0.278. The quantitative estimate of drug-likeness (QED) is 0.193. The van der Waals surface area contributed by atoms with Crippen LogP contribution in [0.1, 0.15) is 41.2 Å². The van der Waals surface area contributed by atoms with Crippen LogP contribution in [-0.4, -0.2) is 44.3 Å². The van der Waals surface area contributed by atoms with E-state index in [1.807, 2.05) is 57.2 Å². The van der Waals surface area contributed by atoms with Crippen molar-refractivity contribution in [3.63, 3.8) is 0 Å². The van der Waals surface area contributed by atoms with Gasteiger partial charge in [0.2, 0.25) is 11.8 Å². The van der Waals surface area contributed by atoms with Crippen LogP contribution in [0.25, 0.3) is 0 Å². The Labute approximate surface area is 265 Å². The van der Waals surface area contributed by atoms with Crippen molar-refractivity contribution in [2.75, 3.05) is 17.4 Å². The average Bonchev–Trinajstić information content (AvgIpc) is 3.02. The summed E-state index contributed by atoms with van der Waals surface area (Å²) in [6, 6.07) is 26.0. The van der Waals surface area contributed by atoms with Crippen LogP contribution in [0.3, 0.4) is 0 Å². The Kier molecular flexibility index (Phi) is 11.1. The van der Waals surface area contributed by atoms with Gasteiger partial charge in [0.05, 0.1) is 10.6 Å². The smallest absolute Gasteiger partial charge is 0.264 e. The van der Waals surface area contributed by atoms with Crippen molar-refractivity contribution in [2.45, 2.75) is 58.0 Å². The summed E-state index contributed by atoms with van der Waals surface area (Å²) >= 11 is 0. The average molecular weight is 630 g/mol. The molecule has 9 heteroatoms. The van der Waals surface area contributed by atoms with Gasteiger partial charge in [-0.15, -0.1) is 0 Å². The van der Waals surface area contributed by atoms with Gasteiger partial charge in [-0.25, -0.2) is 12.8 Å². The Hall–Kier alpha value is -4.50. The number of benzene rings is 4. The van der Waals surface area contributed by atoms with Gasteiger partial charge in [0.25, 0.3) is 10.0 Å². The Morgan fingerprint density at radius 3 is 2.13 bits per heavy atom. The van der Waals surface area contributed by atoms with Crippen LogP contribution in [0.2, 0.25) is 0 Å². The van der Waals surface area contributed by atoms with Crippen molar-refractivity contribution >= 4 is 27.5 Å². The zero-order chi connectivity index (χ0) is 32.6. The molecule has 4 aromatic rings. The molecule has 0 saturated carbocycles. The van der Waals surface area contributed by atoms with E-state index >= 15 is 4.39 Å². The minimum absolute atomic E-state index is 0.0306. The third-order valence-corrected chi connectivity index (χ3v) is 9.40. The van der Waals surface area contributed by atoms with Crippen molar-refractivity contribution in [1.29, 1.82) is 0 Å². The number of halogens is 1. The molecule has 45 heavy (non-hydrogen) atoms. The molecule has 0 aromatic heterocycles. The van der Waals surface area contributed by atoms with E-state index in [4.69, 9.17) is 0 Å². The monoisotopic (exact) mass is 629 g/mol. The van der Waals surface area contributed by atoms with Gasteiger partial charge in [-0.1, -0.05) is 90.8 Å². The third-order valence-electron chi connectivity index (χ3n) is 7.63. The molecule has 0 saturated heterocycles. The van der Waals surface area contributed by atoms with Crippen LogP contribution in [0.5, 0.6) is 0 Å². The molecular formula is C36H40FN3O4S. The first kappa shape index (κ1) is 33.4. The van der Waals surface area contributed by atoms with Gasteiger partial charge in [0.15, 0.2) is 0 Å². The summed E-state index contributed by atoms with van der Waals surface area (Å²) in [6.45, 7) is 7.04. The van der Waals surface area contributed by atoms with E-state index in [1.54, 1.807) is 49.4 Å². The van der Waals surface area contributed by atoms with E-state index in [9.17, 15) is 18.0 Å². The molecule has 0 heterocycles. The molecule has 4 aromatic carbocycles. The molecule has 1 N–H and O–H groups in total. The number of aryl methyl sites for hydroxylation is 3. The summed E-state index contributed by atoms with van der Waals surface area (Å²) in [5, 5.41) is 2.89. The highest BCUT2D eigenvalue weighted by atomic mass is 32.2. The number of carbonyl (C=O) groups excluding carboxylic acids is 2. The predicted octanol–water partition coefficient (Wildman–Crippen LogP) is 6.11. The van der Waals surface area contributed by atoms with Crippen LogP contribution in [0, 0.1) is 26.6 Å². The lowest BCUT2D eigenvalue weighted by molar-refractivity contribution is -0.140. The largest absolute Gasteiger partial charge is 0.354 e. The Morgan fingerprint density at radius 2 is 1.49 bits per heavy atom. The zero-order valence-corrected chi connectivity index (χ0v) is 27.0. The minimum Gasteiger partial charge on any atom is -0.354 e. The summed E-state index contributed by atoms with van der Waals surface area (Å²) in [7, 11) is -4.22. The second kappa shape index (κ2) is 15.0. The number of carbonyl (C=O) groups is 2. The van der Waals surface area contributed by atoms with Gasteiger partial charge in [-0.2, -0.15) is 0 Å². The van der Waals surface area contributed by atoms with Gasteiger partial charge in [0, 0.05) is 25.1 Å². The molecule has 0 unspecified atom stereocenters. The first-order valence-electron chi connectivity index (χ1n) is 15.0. The lowest BCUT2D eigenvalue weighted by Crippen LogP contribution is -2.53. The Morgan fingerprint density at radius 1 is 0.844 bits per heavy atom. The summed E-state index contributed by atoms with van der Waals surface area (Å²) < 4.78 is 44.5. The second-order valence-corrected chi connectivity index (χ2v) is 13.1. The van der Waals surface area contributed by atoms with E-state index in [0.29, 0.717) is 24.2 Å². The van der Waals surface area contributed by atoms with Gasteiger partial charge in [-0.3, -0.25) is 13.9 Å². The van der Waals surface area contributed by atoms with Crippen LogP contribution >= 0.6 is 0 Å². The van der Waals surface area contributed by atoms with E-state index in [2.05, 4.69) is 5.32 Å². The first-order chi connectivity index (χ1) is 21.5. The molecule has 0 aliphatic carbocycles. The van der Waals surface area contributed by atoms with Crippen LogP contribution in [0.4, 0.5) is 10.1 Å². The fourth-order valence-electron chi connectivity index (χ4n) is 5.17. The molecule has 0 radical (unpaired) electrons. The van der Waals surface area contributed by atoms with Crippen molar-refractivity contribution in [3.8, 4) is 0 Å².